The highest BCUT2D eigenvalue weighted by atomic mass is 32.1. The molecule has 4 heteroatoms. The fourth-order valence-electron chi connectivity index (χ4n) is 2.45. The molecule has 0 bridgehead atoms. The maximum Gasteiger partial charge on any atom is 0.239 e. The number of carbonyl (C=O) groups excluding carboxylic acids is 1. The lowest BCUT2D eigenvalue weighted by atomic mass is 10.1. The van der Waals surface area contributed by atoms with Gasteiger partial charge in [0.15, 0.2) is 0 Å². The summed E-state index contributed by atoms with van der Waals surface area (Å²) in [5, 5.41) is 5.47. The highest BCUT2D eigenvalue weighted by molar-refractivity contribution is 7.10. The van der Waals surface area contributed by atoms with Gasteiger partial charge in [-0.3, -0.25) is 10.1 Å². The third kappa shape index (κ3) is 3.33. The van der Waals surface area contributed by atoms with E-state index in [0.717, 1.165) is 25.9 Å². The zero-order valence-electron chi connectivity index (χ0n) is 11.2. The Labute approximate surface area is 113 Å². The third-order valence-corrected chi connectivity index (χ3v) is 4.56. The molecular formula is C14H22N2OS. The van der Waals surface area contributed by atoms with E-state index < -0.39 is 0 Å². The molecule has 1 fully saturated rings. The van der Waals surface area contributed by atoms with Gasteiger partial charge in [-0.15, -0.1) is 11.3 Å². The predicted octanol–water partition coefficient (Wildman–Crippen LogP) is 2.80. The lowest BCUT2D eigenvalue weighted by Crippen LogP contribution is -2.47. The number of hydrogen-bond donors (Lipinski definition) is 1. The van der Waals surface area contributed by atoms with Crippen LogP contribution in [0.5, 0.6) is 0 Å². The van der Waals surface area contributed by atoms with Gasteiger partial charge in [-0.05, 0) is 44.6 Å². The van der Waals surface area contributed by atoms with E-state index in [1.165, 1.54) is 11.3 Å². The van der Waals surface area contributed by atoms with E-state index in [-0.39, 0.29) is 18.0 Å². The lowest BCUT2D eigenvalue weighted by molar-refractivity contribution is -0.134. The Hall–Kier alpha value is -0.870. The maximum absolute atomic E-state index is 12.3. The number of likely N-dealkylation sites (tertiary alicyclic amines) is 1. The minimum absolute atomic E-state index is 0.0970. The molecule has 2 heterocycles. The highest BCUT2D eigenvalue weighted by Gasteiger charge is 2.23. The average Bonchev–Trinajstić information content (AvgIpc) is 2.92. The summed E-state index contributed by atoms with van der Waals surface area (Å²) in [6.07, 6.45) is 3.56. The van der Waals surface area contributed by atoms with Crippen LogP contribution in [0.1, 0.15) is 44.0 Å². The van der Waals surface area contributed by atoms with E-state index in [9.17, 15) is 4.79 Å². The smallest absolute Gasteiger partial charge is 0.239 e. The molecule has 0 radical (unpaired) electrons. The van der Waals surface area contributed by atoms with Gasteiger partial charge in [-0.1, -0.05) is 6.07 Å². The second-order valence-electron chi connectivity index (χ2n) is 5.01. The second-order valence-corrected chi connectivity index (χ2v) is 5.99. The first kappa shape index (κ1) is 13.6. The monoisotopic (exact) mass is 266 g/mol. The number of hydrogen-bond acceptors (Lipinski definition) is 3. The molecule has 1 amide bonds. The Bertz CT molecular complexity index is 371. The number of thiophene rings is 1. The first-order chi connectivity index (χ1) is 8.68. The van der Waals surface area contributed by atoms with Gasteiger partial charge >= 0.3 is 0 Å². The van der Waals surface area contributed by atoms with Crippen molar-refractivity contribution in [2.24, 2.45) is 0 Å². The Kier molecular flexibility index (Phi) is 4.78. The van der Waals surface area contributed by atoms with Gasteiger partial charge in [-0.2, -0.15) is 0 Å². The first-order valence-corrected chi connectivity index (χ1v) is 7.64. The molecule has 0 aliphatic carbocycles. The van der Waals surface area contributed by atoms with Gasteiger partial charge in [0.2, 0.25) is 5.91 Å². The maximum atomic E-state index is 12.3. The van der Waals surface area contributed by atoms with E-state index >= 15 is 0 Å². The van der Waals surface area contributed by atoms with Crippen LogP contribution in [-0.4, -0.2) is 29.9 Å². The largest absolute Gasteiger partial charge is 0.341 e. The van der Waals surface area contributed by atoms with Crippen LogP contribution in [0.3, 0.4) is 0 Å². The number of nitrogens with one attached hydrogen (secondary N) is 1. The summed E-state index contributed by atoms with van der Waals surface area (Å²) in [5.74, 6) is 0.248. The van der Waals surface area contributed by atoms with E-state index in [2.05, 4.69) is 29.8 Å². The van der Waals surface area contributed by atoms with Crippen LogP contribution in [0.4, 0.5) is 0 Å². The van der Waals surface area contributed by atoms with Crippen LogP contribution in [0.2, 0.25) is 0 Å². The SMILES string of the molecule is CC(N[C@@H](C)c1cccs1)C(=O)N1CCCCC1. The minimum Gasteiger partial charge on any atom is -0.341 e. The molecule has 0 saturated carbocycles. The quantitative estimate of drug-likeness (QED) is 0.909. The average molecular weight is 266 g/mol. The normalized spacial score (nSPS) is 19.6. The van der Waals surface area contributed by atoms with Crippen LogP contribution in [0.15, 0.2) is 17.5 Å². The molecule has 1 unspecified atom stereocenters. The molecule has 0 aromatic carbocycles. The first-order valence-electron chi connectivity index (χ1n) is 6.76. The molecule has 18 heavy (non-hydrogen) atoms. The van der Waals surface area contributed by atoms with E-state index in [1.807, 2.05) is 11.8 Å². The van der Waals surface area contributed by atoms with Crippen LogP contribution < -0.4 is 5.32 Å². The van der Waals surface area contributed by atoms with Gasteiger partial charge in [0, 0.05) is 24.0 Å². The van der Waals surface area contributed by atoms with Crippen LogP contribution in [0, 0.1) is 0 Å². The van der Waals surface area contributed by atoms with Crippen molar-refractivity contribution in [3.8, 4) is 0 Å². The third-order valence-electron chi connectivity index (χ3n) is 3.51. The van der Waals surface area contributed by atoms with Gasteiger partial charge in [0.25, 0.3) is 0 Å². The minimum atomic E-state index is -0.0970. The summed E-state index contributed by atoms with van der Waals surface area (Å²) in [6.45, 7) is 5.95. The fourth-order valence-corrected chi connectivity index (χ4v) is 3.20. The van der Waals surface area contributed by atoms with Crippen molar-refractivity contribution in [2.45, 2.75) is 45.2 Å². The van der Waals surface area contributed by atoms with Gasteiger partial charge in [0.1, 0.15) is 0 Å². The highest BCUT2D eigenvalue weighted by Crippen LogP contribution is 2.19. The van der Waals surface area contributed by atoms with Crippen molar-refractivity contribution in [1.82, 2.24) is 10.2 Å². The van der Waals surface area contributed by atoms with Crippen molar-refractivity contribution in [3.05, 3.63) is 22.4 Å². The molecule has 3 nitrogen and oxygen atoms in total. The summed E-state index contributed by atoms with van der Waals surface area (Å²) >= 11 is 1.73. The van der Waals surface area contributed by atoms with Gasteiger partial charge < -0.3 is 4.90 Å². The molecule has 1 aromatic rings. The zero-order valence-corrected chi connectivity index (χ0v) is 12.0. The zero-order chi connectivity index (χ0) is 13.0. The summed E-state index contributed by atoms with van der Waals surface area (Å²) in [7, 11) is 0. The van der Waals surface area contributed by atoms with Crippen molar-refractivity contribution in [2.75, 3.05) is 13.1 Å². The molecular weight excluding hydrogens is 244 g/mol. The van der Waals surface area contributed by atoms with E-state index in [0.29, 0.717) is 0 Å². The number of rotatable bonds is 4. The molecule has 1 aromatic heterocycles. The Balaban J connectivity index is 1.86. The Morgan fingerprint density at radius 2 is 2.06 bits per heavy atom. The molecule has 1 N–H and O–H groups in total. The topological polar surface area (TPSA) is 32.3 Å². The second kappa shape index (κ2) is 6.34. The molecule has 100 valence electrons. The van der Waals surface area contributed by atoms with Crippen molar-refractivity contribution in [3.63, 3.8) is 0 Å². The number of piperidine rings is 1. The number of amides is 1. The summed E-state index contributed by atoms with van der Waals surface area (Å²) in [6, 6.07) is 4.31. The van der Waals surface area contributed by atoms with E-state index in [4.69, 9.17) is 0 Å². The molecule has 2 rings (SSSR count). The van der Waals surface area contributed by atoms with Crippen LogP contribution in [-0.2, 0) is 4.79 Å². The Morgan fingerprint density at radius 1 is 1.33 bits per heavy atom. The van der Waals surface area contributed by atoms with Crippen molar-refractivity contribution >= 4 is 17.2 Å². The van der Waals surface area contributed by atoms with Crippen LogP contribution >= 0.6 is 11.3 Å². The van der Waals surface area contributed by atoms with Crippen molar-refractivity contribution < 1.29 is 4.79 Å². The van der Waals surface area contributed by atoms with Gasteiger partial charge in [0.05, 0.1) is 6.04 Å². The Morgan fingerprint density at radius 3 is 2.67 bits per heavy atom. The molecule has 1 aliphatic heterocycles. The summed E-state index contributed by atoms with van der Waals surface area (Å²) in [4.78, 5) is 15.6. The number of nitrogens with zero attached hydrogens (tertiary/aromatic N) is 1. The van der Waals surface area contributed by atoms with Crippen LogP contribution in [0.25, 0.3) is 0 Å². The fraction of sp³-hybridized carbons (Fsp3) is 0.643. The standard InChI is InChI=1S/C14H22N2OS/c1-11(13-7-6-10-18-13)15-12(2)14(17)16-8-4-3-5-9-16/h6-7,10-12,15H,3-5,8-9H2,1-2H3/t11-,12?/m0/s1. The molecule has 1 aliphatic rings. The van der Waals surface area contributed by atoms with Gasteiger partial charge in [-0.25, -0.2) is 0 Å². The molecule has 0 spiro atoms. The van der Waals surface area contributed by atoms with E-state index in [1.54, 1.807) is 11.3 Å². The summed E-state index contributed by atoms with van der Waals surface area (Å²) < 4.78 is 0. The summed E-state index contributed by atoms with van der Waals surface area (Å²) in [5.41, 5.74) is 0. The molecule has 1 saturated heterocycles. The number of carbonyl (C=O) groups is 1. The lowest BCUT2D eigenvalue weighted by Gasteiger charge is -2.30. The van der Waals surface area contributed by atoms with Crippen molar-refractivity contribution in [1.29, 1.82) is 0 Å². The molecule has 2 atom stereocenters. The predicted molar refractivity (Wildman–Crippen MR) is 75.8 cm³/mol.